The molecule has 0 atom stereocenters. The maximum absolute atomic E-state index is 14.8. The van der Waals surface area contributed by atoms with Gasteiger partial charge in [0.25, 0.3) is 0 Å². The van der Waals surface area contributed by atoms with E-state index >= 15 is 0 Å². The topological polar surface area (TPSA) is 51.6 Å². The van der Waals surface area contributed by atoms with Gasteiger partial charge in [-0.3, -0.25) is 0 Å². The molecule has 0 unspecified atom stereocenters. The van der Waals surface area contributed by atoms with E-state index in [0.29, 0.717) is 0 Å². The Bertz CT molecular complexity index is 967. The third-order valence-electron chi connectivity index (χ3n) is 4.34. The lowest BCUT2D eigenvalue weighted by Gasteiger charge is -2.21. The third kappa shape index (κ3) is 3.21. The second-order valence-electron chi connectivity index (χ2n) is 5.82. The SMILES string of the molecule is COc1ccc(C(c2cccnc2O)c2ccc(OC)c(F)c2F)c(F)c1F. The quantitative estimate of drug-likeness (QED) is 0.647. The van der Waals surface area contributed by atoms with E-state index in [1.54, 1.807) is 0 Å². The maximum atomic E-state index is 14.8. The van der Waals surface area contributed by atoms with Crippen molar-refractivity contribution >= 4 is 0 Å². The normalized spacial score (nSPS) is 11.0. The van der Waals surface area contributed by atoms with Gasteiger partial charge in [0.2, 0.25) is 17.5 Å². The highest BCUT2D eigenvalue weighted by atomic mass is 19.2. The first-order valence-electron chi connectivity index (χ1n) is 8.08. The molecule has 0 saturated carbocycles. The molecule has 4 nitrogen and oxygen atoms in total. The van der Waals surface area contributed by atoms with Crippen molar-refractivity contribution in [2.24, 2.45) is 0 Å². The highest BCUT2D eigenvalue weighted by molar-refractivity contribution is 5.50. The lowest BCUT2D eigenvalue weighted by molar-refractivity contribution is 0.367. The number of benzene rings is 2. The molecule has 0 bridgehead atoms. The Balaban J connectivity index is 2.32. The fourth-order valence-corrected chi connectivity index (χ4v) is 2.99. The van der Waals surface area contributed by atoms with E-state index < -0.39 is 35.1 Å². The van der Waals surface area contributed by atoms with Gasteiger partial charge in [0, 0.05) is 28.8 Å². The van der Waals surface area contributed by atoms with E-state index in [1.165, 1.54) is 44.7 Å². The zero-order chi connectivity index (χ0) is 20.4. The average Bonchev–Trinajstić information content (AvgIpc) is 2.70. The van der Waals surface area contributed by atoms with Gasteiger partial charge in [0.1, 0.15) is 0 Å². The molecule has 0 spiro atoms. The molecule has 8 heteroatoms. The van der Waals surface area contributed by atoms with Gasteiger partial charge in [-0.05, 0) is 18.2 Å². The summed E-state index contributed by atoms with van der Waals surface area (Å²) < 4.78 is 67.6. The molecule has 1 aromatic heterocycles. The molecule has 0 fully saturated rings. The molecule has 0 radical (unpaired) electrons. The van der Waals surface area contributed by atoms with Gasteiger partial charge in [-0.25, -0.2) is 13.8 Å². The number of ether oxygens (including phenoxy) is 2. The summed E-state index contributed by atoms with van der Waals surface area (Å²) in [5, 5.41) is 10.1. The Morgan fingerprint density at radius 3 is 1.68 bits per heavy atom. The molecule has 0 aliphatic rings. The van der Waals surface area contributed by atoms with Crippen LogP contribution >= 0.6 is 0 Å². The monoisotopic (exact) mass is 393 g/mol. The van der Waals surface area contributed by atoms with Crippen molar-refractivity contribution in [3.05, 3.63) is 82.6 Å². The second-order valence-corrected chi connectivity index (χ2v) is 5.82. The van der Waals surface area contributed by atoms with E-state index in [1.807, 2.05) is 0 Å². The van der Waals surface area contributed by atoms with Crippen molar-refractivity contribution in [3.8, 4) is 17.4 Å². The van der Waals surface area contributed by atoms with Gasteiger partial charge >= 0.3 is 0 Å². The van der Waals surface area contributed by atoms with Gasteiger partial charge in [0.15, 0.2) is 23.1 Å². The van der Waals surface area contributed by atoms with Crippen molar-refractivity contribution in [3.63, 3.8) is 0 Å². The fraction of sp³-hybridized carbons (Fsp3) is 0.150. The number of hydrogen-bond acceptors (Lipinski definition) is 4. The van der Waals surface area contributed by atoms with Crippen LogP contribution in [0.3, 0.4) is 0 Å². The number of methoxy groups -OCH3 is 2. The van der Waals surface area contributed by atoms with E-state index in [2.05, 4.69) is 4.98 Å². The largest absolute Gasteiger partial charge is 0.494 e. The molecule has 28 heavy (non-hydrogen) atoms. The Kier molecular flexibility index (Phi) is 5.39. The number of aromatic hydroxyl groups is 1. The zero-order valence-corrected chi connectivity index (χ0v) is 14.8. The predicted octanol–water partition coefficient (Wildman–Crippen LogP) is 4.54. The third-order valence-corrected chi connectivity index (χ3v) is 4.34. The predicted molar refractivity (Wildman–Crippen MR) is 92.7 cm³/mol. The molecule has 2 aromatic carbocycles. The van der Waals surface area contributed by atoms with E-state index in [9.17, 15) is 22.7 Å². The fourth-order valence-electron chi connectivity index (χ4n) is 2.99. The zero-order valence-electron chi connectivity index (χ0n) is 14.8. The summed E-state index contributed by atoms with van der Waals surface area (Å²) in [7, 11) is 2.33. The van der Waals surface area contributed by atoms with Crippen LogP contribution < -0.4 is 9.47 Å². The summed E-state index contributed by atoms with van der Waals surface area (Å²) in [6, 6.07) is 7.46. The minimum absolute atomic E-state index is 0.0329. The Labute approximate surface area is 158 Å². The minimum atomic E-state index is -1.38. The summed E-state index contributed by atoms with van der Waals surface area (Å²) in [4.78, 5) is 3.70. The minimum Gasteiger partial charge on any atom is -0.494 e. The first-order valence-corrected chi connectivity index (χ1v) is 8.08. The Morgan fingerprint density at radius 1 is 0.750 bits per heavy atom. The molecule has 146 valence electrons. The van der Waals surface area contributed by atoms with Gasteiger partial charge in [-0.15, -0.1) is 0 Å². The van der Waals surface area contributed by atoms with Gasteiger partial charge in [-0.2, -0.15) is 8.78 Å². The van der Waals surface area contributed by atoms with Crippen molar-refractivity contribution in [2.75, 3.05) is 14.2 Å². The van der Waals surface area contributed by atoms with Crippen LogP contribution in [0.4, 0.5) is 17.6 Å². The average molecular weight is 393 g/mol. The summed E-state index contributed by atoms with van der Waals surface area (Å²) in [5.41, 5.74) is -0.690. The first kappa shape index (κ1) is 19.5. The van der Waals surface area contributed by atoms with Crippen molar-refractivity contribution in [1.29, 1.82) is 0 Å². The summed E-state index contributed by atoms with van der Waals surface area (Å²) in [5.74, 6) is -7.82. The van der Waals surface area contributed by atoms with Crippen molar-refractivity contribution < 1.29 is 32.1 Å². The standard InChI is InChI=1S/C20H15F4NO3/c1-27-13-7-5-10(16(21)18(13)23)15(12-4-3-9-25-20(12)26)11-6-8-14(28-2)19(24)17(11)22/h3-9,15H,1-2H3,(H,25,26). The van der Waals surface area contributed by atoms with Crippen LogP contribution in [0.2, 0.25) is 0 Å². The molecule has 0 amide bonds. The lowest BCUT2D eigenvalue weighted by Crippen LogP contribution is -2.11. The summed E-state index contributed by atoms with van der Waals surface area (Å²) in [6.45, 7) is 0. The van der Waals surface area contributed by atoms with Crippen LogP contribution in [0, 0.1) is 23.3 Å². The molecular formula is C20H15F4NO3. The second kappa shape index (κ2) is 7.75. The smallest absolute Gasteiger partial charge is 0.214 e. The summed E-state index contributed by atoms with van der Waals surface area (Å²) in [6.07, 6.45) is 1.27. The molecule has 3 aromatic rings. The van der Waals surface area contributed by atoms with Gasteiger partial charge in [-0.1, -0.05) is 18.2 Å². The van der Waals surface area contributed by atoms with Gasteiger partial charge in [0.05, 0.1) is 14.2 Å². The highest BCUT2D eigenvalue weighted by Crippen LogP contribution is 2.41. The van der Waals surface area contributed by atoms with Crippen LogP contribution in [0.25, 0.3) is 0 Å². The number of rotatable bonds is 5. The molecule has 1 heterocycles. The molecular weight excluding hydrogens is 378 g/mol. The number of pyridine rings is 1. The molecule has 0 aliphatic heterocycles. The number of nitrogens with zero attached hydrogens (tertiary/aromatic N) is 1. The molecule has 0 saturated heterocycles. The van der Waals surface area contributed by atoms with Crippen molar-refractivity contribution in [1.82, 2.24) is 4.98 Å². The van der Waals surface area contributed by atoms with E-state index in [4.69, 9.17) is 9.47 Å². The maximum Gasteiger partial charge on any atom is 0.214 e. The lowest BCUT2D eigenvalue weighted by atomic mass is 9.84. The number of halogens is 4. The van der Waals surface area contributed by atoms with Crippen molar-refractivity contribution in [2.45, 2.75) is 5.92 Å². The summed E-state index contributed by atoms with van der Waals surface area (Å²) >= 11 is 0. The Hall–Kier alpha value is -3.29. The van der Waals surface area contributed by atoms with Gasteiger partial charge < -0.3 is 14.6 Å². The highest BCUT2D eigenvalue weighted by Gasteiger charge is 2.30. The van der Waals surface area contributed by atoms with E-state index in [0.717, 1.165) is 12.1 Å². The number of aromatic nitrogens is 1. The van der Waals surface area contributed by atoms with E-state index in [-0.39, 0.29) is 28.2 Å². The first-order chi connectivity index (χ1) is 13.4. The van der Waals surface area contributed by atoms with Crippen LogP contribution in [0.15, 0.2) is 42.6 Å². The van der Waals surface area contributed by atoms with Crippen LogP contribution in [0.1, 0.15) is 22.6 Å². The van der Waals surface area contributed by atoms with Crippen LogP contribution in [-0.4, -0.2) is 24.3 Å². The molecule has 3 rings (SSSR count). The Morgan fingerprint density at radius 2 is 1.25 bits per heavy atom. The molecule has 1 N–H and O–H groups in total. The number of hydrogen-bond donors (Lipinski definition) is 1. The van der Waals surface area contributed by atoms with Crippen LogP contribution in [-0.2, 0) is 0 Å². The molecule has 0 aliphatic carbocycles. The van der Waals surface area contributed by atoms with Crippen LogP contribution in [0.5, 0.6) is 17.4 Å².